The SMILES string of the molecule is c1ccc(-c2ccc(-c3cc(-c4ccccc4-c4ccccc4)nc(-c4cccc(-c5nccc6ccccc56)c4)n3)cc2)cc1. The Kier molecular flexibility index (Phi) is 7.18. The highest BCUT2D eigenvalue weighted by atomic mass is 14.9. The molecule has 3 nitrogen and oxygen atoms in total. The van der Waals surface area contributed by atoms with Crippen LogP contribution in [0.5, 0.6) is 0 Å². The molecule has 216 valence electrons. The Hall–Kier alpha value is -6.19. The van der Waals surface area contributed by atoms with Crippen molar-refractivity contribution in [1.82, 2.24) is 15.0 Å². The van der Waals surface area contributed by atoms with Crippen molar-refractivity contribution < 1.29 is 0 Å². The second-order valence-corrected chi connectivity index (χ2v) is 11.3. The molecule has 0 amide bonds. The van der Waals surface area contributed by atoms with Gasteiger partial charge in [-0.05, 0) is 45.8 Å². The second-order valence-electron chi connectivity index (χ2n) is 11.3. The number of benzene rings is 6. The van der Waals surface area contributed by atoms with Gasteiger partial charge in [0.1, 0.15) is 0 Å². The van der Waals surface area contributed by atoms with Crippen LogP contribution >= 0.6 is 0 Å². The van der Waals surface area contributed by atoms with Crippen LogP contribution in [0, 0.1) is 0 Å². The molecular formula is C43H29N3. The summed E-state index contributed by atoms with van der Waals surface area (Å²) >= 11 is 0. The van der Waals surface area contributed by atoms with E-state index >= 15 is 0 Å². The summed E-state index contributed by atoms with van der Waals surface area (Å²) in [6.45, 7) is 0. The highest BCUT2D eigenvalue weighted by Gasteiger charge is 2.15. The number of hydrogen-bond acceptors (Lipinski definition) is 3. The standard InChI is InChI=1S/C43H29N3/c1-3-12-30(13-4-1)31-22-24-34(25-23-31)40-29-41(39-21-10-9-19-37(39)32-14-5-2-6-15-32)46-43(45-40)36-18-11-17-35(28-36)42-38-20-8-7-16-33(38)26-27-44-42/h1-29H. The average Bonchev–Trinajstić information content (AvgIpc) is 3.15. The largest absolute Gasteiger partial charge is 0.256 e. The van der Waals surface area contributed by atoms with Crippen molar-refractivity contribution in [3.8, 4) is 67.4 Å². The van der Waals surface area contributed by atoms with Crippen molar-refractivity contribution in [1.29, 1.82) is 0 Å². The van der Waals surface area contributed by atoms with E-state index in [1.807, 2.05) is 18.3 Å². The summed E-state index contributed by atoms with van der Waals surface area (Å²) in [5.41, 5.74) is 11.4. The van der Waals surface area contributed by atoms with Gasteiger partial charge in [0.15, 0.2) is 5.82 Å². The first-order valence-electron chi connectivity index (χ1n) is 15.4. The molecule has 46 heavy (non-hydrogen) atoms. The Morgan fingerprint density at radius 3 is 1.74 bits per heavy atom. The number of fused-ring (bicyclic) bond motifs is 1. The van der Waals surface area contributed by atoms with E-state index in [-0.39, 0.29) is 0 Å². The lowest BCUT2D eigenvalue weighted by atomic mass is 9.96. The minimum atomic E-state index is 0.671. The van der Waals surface area contributed by atoms with E-state index in [1.54, 1.807) is 0 Å². The van der Waals surface area contributed by atoms with Gasteiger partial charge in [-0.2, -0.15) is 0 Å². The summed E-state index contributed by atoms with van der Waals surface area (Å²) in [5.74, 6) is 0.671. The molecule has 8 aromatic rings. The van der Waals surface area contributed by atoms with Crippen LogP contribution in [-0.4, -0.2) is 15.0 Å². The lowest BCUT2D eigenvalue weighted by Gasteiger charge is -2.14. The first-order valence-corrected chi connectivity index (χ1v) is 15.4. The van der Waals surface area contributed by atoms with E-state index in [2.05, 4.69) is 158 Å². The first-order chi connectivity index (χ1) is 22.8. The molecule has 0 saturated carbocycles. The number of aromatic nitrogens is 3. The summed E-state index contributed by atoms with van der Waals surface area (Å²) in [6.07, 6.45) is 1.87. The molecule has 0 aliphatic carbocycles. The Morgan fingerprint density at radius 2 is 0.935 bits per heavy atom. The van der Waals surface area contributed by atoms with Gasteiger partial charge in [0.25, 0.3) is 0 Å². The molecule has 0 aliphatic rings. The van der Waals surface area contributed by atoms with Crippen LogP contribution in [0.1, 0.15) is 0 Å². The normalized spacial score (nSPS) is 11.0. The van der Waals surface area contributed by atoms with E-state index < -0.39 is 0 Å². The zero-order valence-corrected chi connectivity index (χ0v) is 25.1. The van der Waals surface area contributed by atoms with E-state index in [4.69, 9.17) is 15.0 Å². The summed E-state index contributed by atoms with van der Waals surface area (Å²) < 4.78 is 0. The highest BCUT2D eigenvalue weighted by Crippen LogP contribution is 2.35. The summed E-state index contributed by atoms with van der Waals surface area (Å²) in [5, 5.41) is 2.28. The third-order valence-corrected chi connectivity index (χ3v) is 8.37. The maximum Gasteiger partial charge on any atom is 0.160 e. The van der Waals surface area contributed by atoms with E-state index in [9.17, 15) is 0 Å². The first kappa shape index (κ1) is 27.4. The second kappa shape index (κ2) is 12.1. The lowest BCUT2D eigenvalue weighted by Crippen LogP contribution is -1.97. The molecule has 0 spiro atoms. The third kappa shape index (κ3) is 5.36. The van der Waals surface area contributed by atoms with Gasteiger partial charge in [-0.1, -0.05) is 152 Å². The van der Waals surface area contributed by atoms with Crippen LogP contribution < -0.4 is 0 Å². The minimum Gasteiger partial charge on any atom is -0.256 e. The number of hydrogen-bond donors (Lipinski definition) is 0. The Morgan fingerprint density at radius 1 is 0.348 bits per heavy atom. The van der Waals surface area contributed by atoms with E-state index in [0.717, 1.165) is 61.2 Å². The van der Waals surface area contributed by atoms with Crippen LogP contribution in [0.4, 0.5) is 0 Å². The number of rotatable bonds is 6. The monoisotopic (exact) mass is 587 g/mol. The summed E-state index contributed by atoms with van der Waals surface area (Å²) in [6, 6.07) is 58.9. The van der Waals surface area contributed by atoms with Crippen molar-refractivity contribution in [3.63, 3.8) is 0 Å². The molecular weight excluding hydrogens is 558 g/mol. The van der Waals surface area contributed by atoms with E-state index in [0.29, 0.717) is 5.82 Å². The summed E-state index contributed by atoms with van der Waals surface area (Å²) in [7, 11) is 0. The van der Waals surface area contributed by atoms with Gasteiger partial charge in [0.05, 0.1) is 17.1 Å². The number of pyridine rings is 1. The fourth-order valence-corrected chi connectivity index (χ4v) is 6.06. The molecule has 0 unspecified atom stereocenters. The fraction of sp³-hybridized carbons (Fsp3) is 0. The molecule has 0 radical (unpaired) electrons. The van der Waals surface area contributed by atoms with Crippen LogP contribution in [0.15, 0.2) is 176 Å². The molecule has 8 rings (SSSR count). The zero-order valence-electron chi connectivity index (χ0n) is 25.1. The lowest BCUT2D eigenvalue weighted by molar-refractivity contribution is 1.18. The predicted molar refractivity (Wildman–Crippen MR) is 190 cm³/mol. The highest BCUT2D eigenvalue weighted by molar-refractivity contribution is 5.95. The topological polar surface area (TPSA) is 38.7 Å². The maximum atomic E-state index is 5.22. The van der Waals surface area contributed by atoms with Crippen LogP contribution in [0.3, 0.4) is 0 Å². The van der Waals surface area contributed by atoms with Crippen molar-refractivity contribution in [2.75, 3.05) is 0 Å². The Bertz CT molecular complexity index is 2290. The van der Waals surface area contributed by atoms with Gasteiger partial charge < -0.3 is 0 Å². The molecule has 3 heteroatoms. The van der Waals surface area contributed by atoms with Crippen molar-refractivity contribution in [2.24, 2.45) is 0 Å². The molecule has 0 N–H and O–H groups in total. The van der Waals surface area contributed by atoms with Crippen molar-refractivity contribution in [3.05, 3.63) is 176 Å². The van der Waals surface area contributed by atoms with E-state index in [1.165, 1.54) is 11.1 Å². The van der Waals surface area contributed by atoms with Gasteiger partial charge in [-0.3, -0.25) is 4.98 Å². The Labute approximate surface area is 268 Å². The zero-order chi connectivity index (χ0) is 30.7. The Balaban J connectivity index is 1.29. The molecule has 0 atom stereocenters. The van der Waals surface area contributed by atoms with Gasteiger partial charge >= 0.3 is 0 Å². The van der Waals surface area contributed by atoms with Crippen LogP contribution in [-0.2, 0) is 0 Å². The fourth-order valence-electron chi connectivity index (χ4n) is 6.06. The van der Waals surface area contributed by atoms with Crippen molar-refractivity contribution in [2.45, 2.75) is 0 Å². The molecule has 2 heterocycles. The molecule has 0 aliphatic heterocycles. The quantitative estimate of drug-likeness (QED) is 0.194. The smallest absolute Gasteiger partial charge is 0.160 e. The van der Waals surface area contributed by atoms with Gasteiger partial charge in [-0.15, -0.1) is 0 Å². The molecule has 6 aromatic carbocycles. The van der Waals surface area contributed by atoms with Crippen LogP contribution in [0.2, 0.25) is 0 Å². The number of nitrogens with zero attached hydrogens (tertiary/aromatic N) is 3. The average molecular weight is 588 g/mol. The molecule has 0 saturated heterocycles. The molecule has 0 bridgehead atoms. The maximum absolute atomic E-state index is 5.22. The molecule has 2 aromatic heterocycles. The predicted octanol–water partition coefficient (Wildman–Crippen LogP) is 11.0. The third-order valence-electron chi connectivity index (χ3n) is 8.37. The van der Waals surface area contributed by atoms with Gasteiger partial charge in [-0.25, -0.2) is 9.97 Å². The summed E-state index contributed by atoms with van der Waals surface area (Å²) in [4.78, 5) is 15.2. The minimum absolute atomic E-state index is 0.671. The van der Waals surface area contributed by atoms with Crippen molar-refractivity contribution >= 4 is 10.8 Å². The molecule has 0 fully saturated rings. The van der Waals surface area contributed by atoms with Gasteiger partial charge in [0.2, 0.25) is 0 Å². The van der Waals surface area contributed by atoms with Gasteiger partial charge in [0, 0.05) is 33.8 Å². The van der Waals surface area contributed by atoms with Crippen LogP contribution in [0.25, 0.3) is 78.2 Å².